The van der Waals surface area contributed by atoms with Crippen LogP contribution in [0.15, 0.2) is 24.5 Å². The first kappa shape index (κ1) is 13.0. The van der Waals surface area contributed by atoms with Gasteiger partial charge in [0.05, 0.1) is 0 Å². The molecule has 16 heavy (non-hydrogen) atoms. The Morgan fingerprint density at radius 1 is 1.44 bits per heavy atom. The van der Waals surface area contributed by atoms with Crippen molar-refractivity contribution in [3.05, 3.63) is 30.1 Å². The first-order valence-electron chi connectivity index (χ1n) is 5.43. The molecule has 0 spiro atoms. The average molecular weight is 241 g/mol. The molecule has 0 radical (unpaired) electrons. The highest BCUT2D eigenvalue weighted by Gasteiger charge is 2.17. The molecular formula is C12H17ClN2O. The summed E-state index contributed by atoms with van der Waals surface area (Å²) >= 11 is 5.65. The van der Waals surface area contributed by atoms with E-state index in [9.17, 15) is 4.79 Å². The first-order chi connectivity index (χ1) is 7.66. The minimum Gasteiger partial charge on any atom is -0.336 e. The van der Waals surface area contributed by atoms with Crippen LogP contribution in [0.4, 0.5) is 0 Å². The highest BCUT2D eigenvalue weighted by atomic mass is 35.5. The second kappa shape index (κ2) is 6.48. The van der Waals surface area contributed by atoms with E-state index in [0.29, 0.717) is 18.0 Å². The van der Waals surface area contributed by atoms with Crippen LogP contribution in [0, 0.1) is 0 Å². The molecule has 4 heteroatoms. The third kappa shape index (κ3) is 3.49. The molecule has 0 atom stereocenters. The van der Waals surface area contributed by atoms with E-state index in [-0.39, 0.29) is 11.9 Å². The Kier molecular flexibility index (Phi) is 5.26. The predicted molar refractivity (Wildman–Crippen MR) is 65.7 cm³/mol. The number of amides is 1. The van der Waals surface area contributed by atoms with Gasteiger partial charge in [-0.05, 0) is 32.4 Å². The van der Waals surface area contributed by atoms with Crippen LogP contribution in [0.5, 0.6) is 0 Å². The maximum atomic E-state index is 12.1. The van der Waals surface area contributed by atoms with E-state index in [0.717, 1.165) is 6.42 Å². The summed E-state index contributed by atoms with van der Waals surface area (Å²) in [5.74, 6) is 0.620. The predicted octanol–water partition coefficient (Wildman–Crippen LogP) is 2.56. The van der Waals surface area contributed by atoms with Gasteiger partial charge in [0.15, 0.2) is 0 Å². The lowest BCUT2D eigenvalue weighted by Crippen LogP contribution is -2.37. The van der Waals surface area contributed by atoms with Crippen molar-refractivity contribution in [3.63, 3.8) is 0 Å². The largest absolute Gasteiger partial charge is 0.336 e. The van der Waals surface area contributed by atoms with E-state index in [1.165, 1.54) is 0 Å². The van der Waals surface area contributed by atoms with Gasteiger partial charge in [0.25, 0.3) is 5.91 Å². The molecule has 1 aromatic heterocycles. The number of aromatic nitrogens is 1. The van der Waals surface area contributed by atoms with Crippen molar-refractivity contribution in [1.82, 2.24) is 9.88 Å². The molecular weight excluding hydrogens is 224 g/mol. The smallest absolute Gasteiger partial charge is 0.254 e. The molecule has 0 aliphatic carbocycles. The highest BCUT2D eigenvalue weighted by molar-refractivity contribution is 6.17. The quantitative estimate of drug-likeness (QED) is 0.742. The van der Waals surface area contributed by atoms with E-state index in [2.05, 4.69) is 4.98 Å². The summed E-state index contributed by atoms with van der Waals surface area (Å²) in [5.41, 5.74) is 0.679. The van der Waals surface area contributed by atoms with Crippen molar-refractivity contribution in [2.24, 2.45) is 0 Å². The van der Waals surface area contributed by atoms with Gasteiger partial charge in [0.2, 0.25) is 0 Å². The van der Waals surface area contributed by atoms with Crippen molar-refractivity contribution in [2.45, 2.75) is 26.3 Å². The number of halogens is 1. The number of rotatable bonds is 5. The van der Waals surface area contributed by atoms with Crippen LogP contribution < -0.4 is 0 Å². The van der Waals surface area contributed by atoms with E-state index >= 15 is 0 Å². The number of alkyl halides is 1. The van der Waals surface area contributed by atoms with Crippen molar-refractivity contribution >= 4 is 17.5 Å². The first-order valence-corrected chi connectivity index (χ1v) is 5.97. The Hall–Kier alpha value is -1.09. The van der Waals surface area contributed by atoms with Gasteiger partial charge in [-0.1, -0.05) is 0 Å². The van der Waals surface area contributed by atoms with Gasteiger partial charge in [-0.3, -0.25) is 9.78 Å². The van der Waals surface area contributed by atoms with Crippen LogP contribution in [-0.2, 0) is 0 Å². The van der Waals surface area contributed by atoms with Gasteiger partial charge in [-0.2, -0.15) is 0 Å². The van der Waals surface area contributed by atoms with Gasteiger partial charge in [-0.15, -0.1) is 11.6 Å². The Bertz CT molecular complexity index is 327. The SMILES string of the molecule is CC(C)N(CCCCl)C(=O)c1ccncc1. The number of hydrogen-bond donors (Lipinski definition) is 0. The Morgan fingerprint density at radius 2 is 2.06 bits per heavy atom. The van der Waals surface area contributed by atoms with Gasteiger partial charge < -0.3 is 4.90 Å². The van der Waals surface area contributed by atoms with E-state index in [1.807, 2.05) is 18.7 Å². The standard InChI is InChI=1S/C12H17ClN2O/c1-10(2)15(9-3-6-13)12(16)11-4-7-14-8-5-11/h4-5,7-8,10H,3,6,9H2,1-2H3. The molecule has 0 aromatic carbocycles. The van der Waals surface area contributed by atoms with Gasteiger partial charge in [0.1, 0.15) is 0 Å². The number of carbonyl (C=O) groups excluding carboxylic acids is 1. The minimum absolute atomic E-state index is 0.0440. The molecule has 0 unspecified atom stereocenters. The number of hydrogen-bond acceptors (Lipinski definition) is 2. The van der Waals surface area contributed by atoms with Crippen LogP contribution in [0.2, 0.25) is 0 Å². The van der Waals surface area contributed by atoms with Crippen LogP contribution in [0.1, 0.15) is 30.6 Å². The summed E-state index contributed by atoms with van der Waals surface area (Å²) in [6.45, 7) is 4.71. The fourth-order valence-corrected chi connectivity index (χ4v) is 1.60. The van der Waals surface area contributed by atoms with Crippen molar-refractivity contribution in [2.75, 3.05) is 12.4 Å². The maximum Gasteiger partial charge on any atom is 0.254 e. The lowest BCUT2D eigenvalue weighted by molar-refractivity contribution is 0.0706. The summed E-state index contributed by atoms with van der Waals surface area (Å²) < 4.78 is 0. The molecule has 0 fully saturated rings. The monoisotopic (exact) mass is 240 g/mol. The maximum absolute atomic E-state index is 12.1. The third-order valence-electron chi connectivity index (χ3n) is 2.34. The topological polar surface area (TPSA) is 33.2 Å². The van der Waals surface area contributed by atoms with Gasteiger partial charge in [-0.25, -0.2) is 0 Å². The molecule has 1 rings (SSSR count). The summed E-state index contributed by atoms with van der Waals surface area (Å²) in [4.78, 5) is 17.9. The summed E-state index contributed by atoms with van der Waals surface area (Å²) in [6, 6.07) is 3.65. The number of pyridine rings is 1. The van der Waals surface area contributed by atoms with Crippen molar-refractivity contribution < 1.29 is 4.79 Å². The van der Waals surface area contributed by atoms with Crippen molar-refractivity contribution in [3.8, 4) is 0 Å². The zero-order valence-electron chi connectivity index (χ0n) is 9.69. The summed E-state index contributed by atoms with van der Waals surface area (Å²) in [6.07, 6.45) is 4.08. The van der Waals surface area contributed by atoms with Crippen LogP contribution in [0.3, 0.4) is 0 Å². The minimum atomic E-state index is 0.0440. The Morgan fingerprint density at radius 3 is 2.56 bits per heavy atom. The molecule has 0 aliphatic heterocycles. The molecule has 1 amide bonds. The fraction of sp³-hybridized carbons (Fsp3) is 0.500. The molecule has 3 nitrogen and oxygen atoms in total. The van der Waals surface area contributed by atoms with Crippen LogP contribution in [0.25, 0.3) is 0 Å². The van der Waals surface area contributed by atoms with Gasteiger partial charge in [0, 0.05) is 36.4 Å². The zero-order valence-corrected chi connectivity index (χ0v) is 10.4. The van der Waals surface area contributed by atoms with E-state index in [4.69, 9.17) is 11.6 Å². The highest BCUT2D eigenvalue weighted by Crippen LogP contribution is 2.08. The average Bonchev–Trinajstić information content (AvgIpc) is 2.30. The third-order valence-corrected chi connectivity index (χ3v) is 2.61. The second-order valence-electron chi connectivity index (χ2n) is 3.87. The van der Waals surface area contributed by atoms with Crippen molar-refractivity contribution in [1.29, 1.82) is 0 Å². The van der Waals surface area contributed by atoms with Crippen LogP contribution in [-0.4, -0.2) is 34.3 Å². The van der Waals surface area contributed by atoms with E-state index < -0.39 is 0 Å². The number of carbonyl (C=O) groups is 1. The molecule has 88 valence electrons. The molecule has 0 saturated carbocycles. The fourth-order valence-electron chi connectivity index (χ4n) is 1.48. The molecule has 0 bridgehead atoms. The lowest BCUT2D eigenvalue weighted by atomic mass is 10.2. The molecule has 0 N–H and O–H groups in total. The second-order valence-corrected chi connectivity index (χ2v) is 4.25. The Balaban J connectivity index is 2.75. The van der Waals surface area contributed by atoms with Crippen LogP contribution >= 0.6 is 11.6 Å². The lowest BCUT2D eigenvalue weighted by Gasteiger charge is -2.26. The molecule has 1 heterocycles. The number of nitrogens with zero attached hydrogens (tertiary/aromatic N) is 2. The van der Waals surface area contributed by atoms with Gasteiger partial charge >= 0.3 is 0 Å². The summed E-state index contributed by atoms with van der Waals surface area (Å²) in [5, 5.41) is 0. The van der Waals surface area contributed by atoms with E-state index in [1.54, 1.807) is 24.5 Å². The Labute approximate surface area is 101 Å². The molecule has 0 aliphatic rings. The normalized spacial score (nSPS) is 10.5. The zero-order chi connectivity index (χ0) is 12.0. The molecule has 1 aromatic rings. The molecule has 0 saturated heterocycles. The summed E-state index contributed by atoms with van der Waals surface area (Å²) in [7, 11) is 0.